The third-order valence-corrected chi connectivity index (χ3v) is 4.91. The Kier molecular flexibility index (Phi) is 4.55. The van der Waals surface area contributed by atoms with Gasteiger partial charge in [-0.25, -0.2) is 4.79 Å². The highest BCUT2D eigenvalue weighted by molar-refractivity contribution is 5.76. The molecule has 2 aliphatic heterocycles. The largest absolute Gasteiger partial charge is 0.481 e. The van der Waals surface area contributed by atoms with Crippen molar-refractivity contribution < 1.29 is 14.7 Å². The van der Waals surface area contributed by atoms with Gasteiger partial charge >= 0.3 is 12.0 Å². The molecule has 2 heterocycles. The molecule has 0 bridgehead atoms. The van der Waals surface area contributed by atoms with E-state index in [1.54, 1.807) is 0 Å². The van der Waals surface area contributed by atoms with Crippen LogP contribution >= 0.6 is 0 Å². The third-order valence-electron chi connectivity index (χ3n) is 4.91. The molecule has 0 aliphatic carbocycles. The molecule has 3 unspecified atom stereocenters. The topological polar surface area (TPSA) is 60.9 Å². The van der Waals surface area contributed by atoms with Crippen molar-refractivity contribution in [1.82, 2.24) is 9.80 Å². The van der Waals surface area contributed by atoms with Crippen molar-refractivity contribution in [3.63, 3.8) is 0 Å². The first-order chi connectivity index (χ1) is 9.40. The summed E-state index contributed by atoms with van der Waals surface area (Å²) in [5, 5.41) is 9.07. The summed E-state index contributed by atoms with van der Waals surface area (Å²) in [6.07, 6.45) is 2.23. The minimum absolute atomic E-state index is 0.0236. The van der Waals surface area contributed by atoms with Gasteiger partial charge in [0.05, 0.1) is 5.92 Å². The maximum absolute atomic E-state index is 12.6. The van der Waals surface area contributed by atoms with E-state index in [0.29, 0.717) is 31.2 Å². The molecule has 114 valence electrons. The maximum Gasteiger partial charge on any atom is 0.320 e. The molecular weight excluding hydrogens is 256 g/mol. The van der Waals surface area contributed by atoms with E-state index in [2.05, 4.69) is 13.8 Å². The van der Waals surface area contributed by atoms with Gasteiger partial charge in [0.15, 0.2) is 0 Å². The molecule has 2 saturated heterocycles. The number of nitrogens with zero attached hydrogens (tertiary/aromatic N) is 2. The van der Waals surface area contributed by atoms with Crippen LogP contribution in [0, 0.1) is 17.8 Å². The number of rotatable bonds is 2. The van der Waals surface area contributed by atoms with Gasteiger partial charge in [-0.2, -0.15) is 0 Å². The van der Waals surface area contributed by atoms with E-state index < -0.39 is 5.97 Å². The van der Waals surface area contributed by atoms with Crippen molar-refractivity contribution >= 4 is 12.0 Å². The number of hydrogen-bond acceptors (Lipinski definition) is 2. The van der Waals surface area contributed by atoms with Crippen molar-refractivity contribution in [3.05, 3.63) is 0 Å². The van der Waals surface area contributed by atoms with Crippen LogP contribution in [0.3, 0.4) is 0 Å². The Labute approximate surface area is 120 Å². The van der Waals surface area contributed by atoms with Crippen LogP contribution in [-0.4, -0.2) is 52.6 Å². The smallest absolute Gasteiger partial charge is 0.320 e. The van der Waals surface area contributed by atoms with E-state index in [-0.39, 0.29) is 18.0 Å². The molecule has 2 fully saturated rings. The van der Waals surface area contributed by atoms with Gasteiger partial charge in [-0.1, -0.05) is 13.8 Å². The number of likely N-dealkylation sites (tertiary alicyclic amines) is 2. The van der Waals surface area contributed by atoms with Crippen LogP contribution in [0.5, 0.6) is 0 Å². The van der Waals surface area contributed by atoms with E-state index in [1.807, 2.05) is 16.7 Å². The summed E-state index contributed by atoms with van der Waals surface area (Å²) in [4.78, 5) is 27.4. The molecule has 20 heavy (non-hydrogen) atoms. The van der Waals surface area contributed by atoms with Crippen molar-refractivity contribution in [2.75, 3.05) is 19.6 Å². The highest BCUT2D eigenvalue weighted by atomic mass is 16.4. The molecule has 2 amide bonds. The van der Waals surface area contributed by atoms with Crippen molar-refractivity contribution in [2.45, 2.75) is 46.1 Å². The second-order valence-corrected chi connectivity index (χ2v) is 6.62. The zero-order chi connectivity index (χ0) is 14.9. The Morgan fingerprint density at radius 3 is 2.40 bits per heavy atom. The molecule has 0 radical (unpaired) electrons. The SMILES string of the molecule is CC(C)C1CCN(C(=O)N2CCC(C(=O)O)CC2C)C1. The first-order valence-electron chi connectivity index (χ1n) is 7.68. The van der Waals surface area contributed by atoms with Crippen LogP contribution in [0.2, 0.25) is 0 Å². The van der Waals surface area contributed by atoms with Crippen LogP contribution in [0.1, 0.15) is 40.0 Å². The summed E-state index contributed by atoms with van der Waals surface area (Å²) in [5.41, 5.74) is 0. The molecule has 2 aliphatic rings. The van der Waals surface area contributed by atoms with Gasteiger partial charge < -0.3 is 14.9 Å². The average Bonchev–Trinajstić information content (AvgIpc) is 2.87. The van der Waals surface area contributed by atoms with Crippen molar-refractivity contribution in [2.24, 2.45) is 17.8 Å². The predicted octanol–water partition coefficient (Wildman–Crippen LogP) is 2.27. The Balaban J connectivity index is 1.92. The lowest BCUT2D eigenvalue weighted by molar-refractivity contribution is -0.143. The molecule has 5 nitrogen and oxygen atoms in total. The zero-order valence-electron chi connectivity index (χ0n) is 12.7. The lowest BCUT2D eigenvalue weighted by Crippen LogP contribution is -2.51. The van der Waals surface area contributed by atoms with E-state index in [1.165, 1.54) is 0 Å². The highest BCUT2D eigenvalue weighted by Gasteiger charge is 2.36. The standard InChI is InChI=1S/C15H26N2O3/c1-10(2)13-4-6-16(9-13)15(20)17-7-5-12(14(18)19)8-11(17)3/h10-13H,4-9H2,1-3H3,(H,18,19). The van der Waals surface area contributed by atoms with Gasteiger partial charge in [-0.05, 0) is 38.0 Å². The number of piperidine rings is 1. The van der Waals surface area contributed by atoms with E-state index >= 15 is 0 Å². The summed E-state index contributed by atoms with van der Waals surface area (Å²) in [5.74, 6) is 0.190. The molecule has 2 rings (SSSR count). The quantitative estimate of drug-likeness (QED) is 0.845. The number of carbonyl (C=O) groups excluding carboxylic acids is 1. The van der Waals surface area contributed by atoms with E-state index in [9.17, 15) is 9.59 Å². The molecule has 5 heteroatoms. The molecule has 0 aromatic rings. The maximum atomic E-state index is 12.6. The number of amides is 2. The van der Waals surface area contributed by atoms with Crippen LogP contribution in [0.15, 0.2) is 0 Å². The van der Waals surface area contributed by atoms with Crippen molar-refractivity contribution in [3.8, 4) is 0 Å². The first-order valence-corrected chi connectivity index (χ1v) is 7.68. The first kappa shape index (κ1) is 15.1. The number of urea groups is 1. The molecule has 3 atom stereocenters. The Morgan fingerprint density at radius 2 is 1.90 bits per heavy atom. The lowest BCUT2D eigenvalue weighted by atomic mass is 9.92. The van der Waals surface area contributed by atoms with Gasteiger partial charge in [0.2, 0.25) is 0 Å². The minimum Gasteiger partial charge on any atom is -0.481 e. The molecule has 0 saturated carbocycles. The monoisotopic (exact) mass is 282 g/mol. The van der Waals surface area contributed by atoms with Gasteiger partial charge in [-0.15, -0.1) is 0 Å². The minimum atomic E-state index is -0.731. The predicted molar refractivity (Wildman–Crippen MR) is 76.4 cm³/mol. The summed E-state index contributed by atoms with van der Waals surface area (Å²) in [6.45, 7) is 8.64. The number of carbonyl (C=O) groups is 2. The van der Waals surface area contributed by atoms with Gasteiger partial charge in [0.1, 0.15) is 0 Å². The second-order valence-electron chi connectivity index (χ2n) is 6.62. The summed E-state index contributed by atoms with van der Waals surface area (Å²) in [6, 6.07) is 0.125. The van der Waals surface area contributed by atoms with Gasteiger partial charge in [-0.3, -0.25) is 4.79 Å². The molecule has 0 aromatic carbocycles. The fourth-order valence-electron chi connectivity index (χ4n) is 3.37. The van der Waals surface area contributed by atoms with E-state index in [4.69, 9.17) is 5.11 Å². The number of aliphatic carboxylic acids is 1. The number of carboxylic acid groups (broad SMARTS) is 1. The number of carboxylic acids is 1. The molecular formula is C15H26N2O3. The Bertz CT molecular complexity index is 383. The fraction of sp³-hybridized carbons (Fsp3) is 0.867. The van der Waals surface area contributed by atoms with E-state index in [0.717, 1.165) is 19.5 Å². The second kappa shape index (κ2) is 6.02. The summed E-state index contributed by atoms with van der Waals surface area (Å²) >= 11 is 0. The van der Waals surface area contributed by atoms with Crippen LogP contribution in [-0.2, 0) is 4.79 Å². The van der Waals surface area contributed by atoms with Gasteiger partial charge in [0.25, 0.3) is 0 Å². The van der Waals surface area contributed by atoms with Crippen LogP contribution in [0.4, 0.5) is 4.79 Å². The van der Waals surface area contributed by atoms with Gasteiger partial charge in [0, 0.05) is 25.7 Å². The molecule has 0 spiro atoms. The zero-order valence-corrected chi connectivity index (χ0v) is 12.7. The highest BCUT2D eigenvalue weighted by Crippen LogP contribution is 2.28. The van der Waals surface area contributed by atoms with Crippen LogP contribution < -0.4 is 0 Å². The average molecular weight is 282 g/mol. The molecule has 0 aromatic heterocycles. The van der Waals surface area contributed by atoms with Crippen LogP contribution in [0.25, 0.3) is 0 Å². The Hall–Kier alpha value is -1.26. The summed E-state index contributed by atoms with van der Waals surface area (Å²) in [7, 11) is 0. The summed E-state index contributed by atoms with van der Waals surface area (Å²) < 4.78 is 0. The Morgan fingerprint density at radius 1 is 1.20 bits per heavy atom. The lowest BCUT2D eigenvalue weighted by Gasteiger charge is -2.38. The fourth-order valence-corrected chi connectivity index (χ4v) is 3.37. The molecule has 1 N–H and O–H groups in total. The normalized spacial score (nSPS) is 30.9. The third kappa shape index (κ3) is 3.07. The van der Waals surface area contributed by atoms with Crippen molar-refractivity contribution in [1.29, 1.82) is 0 Å². The number of hydrogen-bond donors (Lipinski definition) is 1.